The average molecular weight is 277 g/mol. The number of esters is 1. The molecule has 0 aliphatic carbocycles. The average Bonchev–Trinajstić information content (AvgIpc) is 2.81. The lowest BCUT2D eigenvalue weighted by Crippen LogP contribution is -2.30. The smallest absolute Gasteiger partial charge is 0.341 e. The first-order valence-electron chi connectivity index (χ1n) is 6.26. The molecule has 0 radical (unpaired) electrons. The van der Waals surface area contributed by atoms with Gasteiger partial charge in [0.2, 0.25) is 11.8 Å². The molecule has 106 valence electrons. The highest BCUT2D eigenvalue weighted by molar-refractivity contribution is 6.04. The third kappa shape index (κ3) is 2.61. The fraction of sp³-hybridized carbons (Fsp3) is 0.385. The van der Waals surface area contributed by atoms with E-state index in [2.05, 4.69) is 4.98 Å². The molecule has 1 aromatic heterocycles. The van der Waals surface area contributed by atoms with E-state index in [-0.39, 0.29) is 36.9 Å². The van der Waals surface area contributed by atoms with Crippen molar-refractivity contribution in [1.82, 2.24) is 4.98 Å². The second kappa shape index (κ2) is 5.68. The predicted octanol–water partition coefficient (Wildman–Crippen LogP) is 0.0965. The summed E-state index contributed by atoms with van der Waals surface area (Å²) in [6.45, 7) is 2.06. The Morgan fingerprint density at radius 2 is 2.30 bits per heavy atom. The van der Waals surface area contributed by atoms with Crippen LogP contribution in [0.4, 0.5) is 5.82 Å². The first kappa shape index (κ1) is 14.0. The number of ether oxygens (including phenoxy) is 1. The minimum absolute atomic E-state index is 0.0359. The Bertz CT molecular complexity index is 558. The third-order valence-corrected chi connectivity index (χ3v) is 3.07. The molecule has 1 fully saturated rings. The van der Waals surface area contributed by atoms with Gasteiger partial charge in [0.1, 0.15) is 11.4 Å². The van der Waals surface area contributed by atoms with E-state index >= 15 is 0 Å². The summed E-state index contributed by atoms with van der Waals surface area (Å²) < 4.78 is 4.93. The summed E-state index contributed by atoms with van der Waals surface area (Å²) in [7, 11) is 0. The van der Waals surface area contributed by atoms with Crippen molar-refractivity contribution < 1.29 is 19.1 Å². The topological polar surface area (TPSA) is 103 Å². The van der Waals surface area contributed by atoms with Crippen LogP contribution in [-0.4, -0.2) is 35.9 Å². The van der Waals surface area contributed by atoms with Crippen LogP contribution in [0.1, 0.15) is 23.7 Å². The van der Waals surface area contributed by atoms with Crippen molar-refractivity contribution in [3.05, 3.63) is 23.9 Å². The van der Waals surface area contributed by atoms with Gasteiger partial charge >= 0.3 is 5.97 Å². The van der Waals surface area contributed by atoms with Crippen molar-refractivity contribution in [1.29, 1.82) is 0 Å². The maximum atomic E-state index is 11.9. The van der Waals surface area contributed by atoms with Gasteiger partial charge in [-0.1, -0.05) is 0 Å². The summed E-state index contributed by atoms with van der Waals surface area (Å²) in [5.74, 6) is -1.71. The van der Waals surface area contributed by atoms with Crippen LogP contribution in [0.25, 0.3) is 0 Å². The Kier molecular flexibility index (Phi) is 3.97. The monoisotopic (exact) mass is 277 g/mol. The highest BCUT2D eigenvalue weighted by Crippen LogP contribution is 2.26. The van der Waals surface area contributed by atoms with Crippen molar-refractivity contribution in [3.8, 4) is 0 Å². The second-order valence-electron chi connectivity index (χ2n) is 4.40. The van der Waals surface area contributed by atoms with Gasteiger partial charge in [-0.25, -0.2) is 9.78 Å². The molecule has 7 heteroatoms. The molecule has 1 saturated heterocycles. The zero-order chi connectivity index (χ0) is 14.7. The molecule has 0 saturated carbocycles. The summed E-state index contributed by atoms with van der Waals surface area (Å²) in [6, 6.07) is 3.12. The summed E-state index contributed by atoms with van der Waals surface area (Å²) in [6.07, 6.45) is 1.51. The number of carbonyl (C=O) groups is 3. The Hall–Kier alpha value is -2.44. The molecule has 2 heterocycles. The summed E-state index contributed by atoms with van der Waals surface area (Å²) in [4.78, 5) is 40.3. The van der Waals surface area contributed by atoms with Gasteiger partial charge in [-0.15, -0.1) is 0 Å². The van der Waals surface area contributed by atoms with E-state index in [1.54, 1.807) is 13.0 Å². The summed E-state index contributed by atoms with van der Waals surface area (Å²) >= 11 is 0. The zero-order valence-electron chi connectivity index (χ0n) is 11.0. The number of amides is 2. The van der Waals surface area contributed by atoms with E-state index in [1.165, 1.54) is 17.2 Å². The number of nitrogens with zero attached hydrogens (tertiary/aromatic N) is 2. The van der Waals surface area contributed by atoms with E-state index in [4.69, 9.17) is 10.5 Å². The lowest BCUT2D eigenvalue weighted by atomic mass is 10.1. The molecule has 7 nitrogen and oxygen atoms in total. The Balaban J connectivity index is 2.31. The van der Waals surface area contributed by atoms with Crippen LogP contribution in [0.2, 0.25) is 0 Å². The van der Waals surface area contributed by atoms with Crippen LogP contribution >= 0.6 is 0 Å². The molecular formula is C13H15N3O4. The maximum Gasteiger partial charge on any atom is 0.341 e. The summed E-state index contributed by atoms with van der Waals surface area (Å²) in [5.41, 5.74) is 5.42. The third-order valence-electron chi connectivity index (χ3n) is 3.07. The highest BCUT2D eigenvalue weighted by atomic mass is 16.5. The number of hydrogen-bond donors (Lipinski definition) is 1. The number of hydrogen-bond acceptors (Lipinski definition) is 5. The highest BCUT2D eigenvalue weighted by Gasteiger charge is 2.36. The number of aromatic nitrogens is 1. The van der Waals surface area contributed by atoms with Gasteiger partial charge in [0.15, 0.2) is 0 Å². The molecule has 1 aliphatic heterocycles. The SMILES string of the molecule is CCOC(=O)c1cccnc1N1CC(C(N)=O)CC1=O. The van der Waals surface area contributed by atoms with E-state index in [9.17, 15) is 14.4 Å². The van der Waals surface area contributed by atoms with Gasteiger partial charge in [-0.2, -0.15) is 0 Å². The molecule has 0 bridgehead atoms. The first-order chi connectivity index (χ1) is 9.54. The number of pyridine rings is 1. The van der Waals surface area contributed by atoms with E-state index < -0.39 is 17.8 Å². The Morgan fingerprint density at radius 3 is 2.90 bits per heavy atom. The van der Waals surface area contributed by atoms with Crippen molar-refractivity contribution in [2.24, 2.45) is 11.7 Å². The van der Waals surface area contributed by atoms with E-state index in [0.717, 1.165) is 0 Å². The number of carbonyl (C=O) groups excluding carboxylic acids is 3. The lowest BCUT2D eigenvalue weighted by Gasteiger charge is -2.17. The quantitative estimate of drug-likeness (QED) is 0.786. The minimum Gasteiger partial charge on any atom is -0.462 e. The molecule has 2 rings (SSSR count). The van der Waals surface area contributed by atoms with Gasteiger partial charge in [0.05, 0.1) is 12.5 Å². The van der Waals surface area contributed by atoms with E-state index in [0.29, 0.717) is 0 Å². The number of rotatable bonds is 4. The number of primary amides is 1. The van der Waals surface area contributed by atoms with Crippen LogP contribution in [0.15, 0.2) is 18.3 Å². The lowest BCUT2D eigenvalue weighted by molar-refractivity contribution is -0.123. The van der Waals surface area contributed by atoms with Gasteiger partial charge in [-0.05, 0) is 19.1 Å². The fourth-order valence-electron chi connectivity index (χ4n) is 2.08. The largest absolute Gasteiger partial charge is 0.462 e. The van der Waals surface area contributed by atoms with Crippen molar-refractivity contribution >= 4 is 23.6 Å². The molecule has 0 spiro atoms. The molecular weight excluding hydrogens is 262 g/mol. The molecule has 20 heavy (non-hydrogen) atoms. The fourth-order valence-corrected chi connectivity index (χ4v) is 2.08. The van der Waals surface area contributed by atoms with Gasteiger partial charge in [-0.3, -0.25) is 14.5 Å². The van der Waals surface area contributed by atoms with Crippen LogP contribution in [0.3, 0.4) is 0 Å². The Morgan fingerprint density at radius 1 is 1.55 bits per heavy atom. The maximum absolute atomic E-state index is 11.9. The van der Waals surface area contributed by atoms with Gasteiger partial charge in [0, 0.05) is 19.2 Å². The standard InChI is InChI=1S/C13H15N3O4/c1-2-20-13(19)9-4-3-5-15-12(9)16-7-8(11(14)18)6-10(16)17/h3-5,8H,2,6-7H2,1H3,(H2,14,18). The van der Waals surface area contributed by atoms with Crippen LogP contribution in [-0.2, 0) is 14.3 Å². The van der Waals surface area contributed by atoms with Crippen LogP contribution in [0.5, 0.6) is 0 Å². The van der Waals surface area contributed by atoms with Gasteiger partial charge in [0.25, 0.3) is 0 Å². The molecule has 1 aromatic rings. The van der Waals surface area contributed by atoms with Crippen molar-refractivity contribution in [3.63, 3.8) is 0 Å². The minimum atomic E-state index is -0.556. The van der Waals surface area contributed by atoms with E-state index in [1.807, 2.05) is 0 Å². The second-order valence-corrected chi connectivity index (χ2v) is 4.40. The molecule has 2 amide bonds. The van der Waals surface area contributed by atoms with Crippen molar-refractivity contribution in [2.45, 2.75) is 13.3 Å². The molecule has 1 atom stereocenters. The molecule has 1 unspecified atom stereocenters. The predicted molar refractivity (Wildman–Crippen MR) is 69.8 cm³/mol. The number of nitrogens with two attached hydrogens (primary N) is 1. The zero-order valence-corrected chi connectivity index (χ0v) is 11.0. The molecule has 1 aliphatic rings. The first-order valence-corrected chi connectivity index (χ1v) is 6.26. The van der Waals surface area contributed by atoms with Crippen LogP contribution < -0.4 is 10.6 Å². The summed E-state index contributed by atoms with van der Waals surface area (Å²) in [5, 5.41) is 0. The Labute approximate surface area is 115 Å². The normalized spacial score (nSPS) is 18.1. The molecule has 2 N–H and O–H groups in total. The van der Waals surface area contributed by atoms with Gasteiger partial charge < -0.3 is 10.5 Å². The van der Waals surface area contributed by atoms with Crippen molar-refractivity contribution in [2.75, 3.05) is 18.1 Å². The van der Waals surface area contributed by atoms with Crippen LogP contribution in [0, 0.1) is 5.92 Å². The number of anilines is 1. The molecule has 0 aromatic carbocycles.